The second-order valence-electron chi connectivity index (χ2n) is 9.33. The first-order chi connectivity index (χ1) is 15.3. The molecule has 2 atom stereocenters. The molecule has 0 unspecified atom stereocenters. The number of carbonyl (C=O) groups is 2. The van der Waals surface area contributed by atoms with E-state index in [0.717, 1.165) is 37.3 Å². The van der Waals surface area contributed by atoms with E-state index in [2.05, 4.69) is 20.4 Å². The van der Waals surface area contributed by atoms with Crippen molar-refractivity contribution in [1.82, 2.24) is 25.3 Å². The van der Waals surface area contributed by atoms with E-state index in [-0.39, 0.29) is 35.5 Å². The van der Waals surface area contributed by atoms with E-state index in [4.69, 9.17) is 9.51 Å². The maximum Gasteiger partial charge on any atom is 0.292 e. The quantitative estimate of drug-likeness (QED) is 0.736. The maximum atomic E-state index is 13.1. The summed E-state index contributed by atoms with van der Waals surface area (Å²) in [5.41, 5.74) is 1.53. The molecule has 2 aromatic heterocycles. The molecule has 2 saturated heterocycles. The van der Waals surface area contributed by atoms with Crippen LogP contribution in [0, 0.1) is 5.92 Å². The summed E-state index contributed by atoms with van der Waals surface area (Å²) in [7, 11) is 0. The van der Waals surface area contributed by atoms with E-state index in [1.807, 2.05) is 33.8 Å². The van der Waals surface area contributed by atoms with Crippen molar-refractivity contribution in [1.29, 1.82) is 0 Å². The molecule has 2 amide bonds. The summed E-state index contributed by atoms with van der Waals surface area (Å²) in [6.45, 7) is 10.5. The number of likely N-dealkylation sites (tertiary alicyclic amines) is 1. The highest BCUT2D eigenvalue weighted by atomic mass is 16.5. The molecule has 0 spiro atoms. The lowest BCUT2D eigenvalue weighted by atomic mass is 9.91. The van der Waals surface area contributed by atoms with Gasteiger partial charge in [-0.15, -0.1) is 0 Å². The average molecular weight is 441 g/mol. The van der Waals surface area contributed by atoms with Crippen molar-refractivity contribution in [3.05, 3.63) is 35.5 Å². The normalized spacial score (nSPS) is 21.1. The zero-order chi connectivity index (χ0) is 22.8. The zero-order valence-corrected chi connectivity index (χ0v) is 19.2. The largest absolute Gasteiger partial charge is 0.354 e. The molecule has 1 N–H and O–H groups in total. The molecule has 4 rings (SSSR count). The summed E-state index contributed by atoms with van der Waals surface area (Å²) >= 11 is 0. The molecule has 0 aromatic carbocycles. The molecule has 32 heavy (non-hydrogen) atoms. The highest BCUT2D eigenvalue weighted by molar-refractivity contribution is 5.93. The van der Waals surface area contributed by atoms with Crippen molar-refractivity contribution in [3.8, 4) is 0 Å². The Morgan fingerprint density at radius 1 is 1.16 bits per heavy atom. The molecule has 0 saturated carbocycles. The van der Waals surface area contributed by atoms with Crippen LogP contribution in [-0.4, -0.2) is 64.1 Å². The Balaban J connectivity index is 1.59. The van der Waals surface area contributed by atoms with Crippen LogP contribution >= 0.6 is 0 Å². The van der Waals surface area contributed by atoms with Gasteiger partial charge in [-0.3, -0.25) is 9.59 Å². The molecular weight excluding hydrogens is 408 g/mol. The minimum Gasteiger partial charge on any atom is -0.354 e. The second-order valence-corrected chi connectivity index (χ2v) is 9.33. The lowest BCUT2D eigenvalue weighted by Gasteiger charge is -2.21. The van der Waals surface area contributed by atoms with E-state index < -0.39 is 5.92 Å². The van der Waals surface area contributed by atoms with Gasteiger partial charge in [0.15, 0.2) is 0 Å². The van der Waals surface area contributed by atoms with E-state index in [9.17, 15) is 9.59 Å². The Morgan fingerprint density at radius 3 is 2.56 bits per heavy atom. The average Bonchev–Trinajstić information content (AvgIpc) is 3.53. The topological polar surface area (TPSA) is 104 Å². The number of amides is 2. The van der Waals surface area contributed by atoms with Crippen LogP contribution in [0.4, 0.5) is 5.95 Å². The van der Waals surface area contributed by atoms with Gasteiger partial charge in [-0.2, -0.15) is 0 Å². The maximum absolute atomic E-state index is 13.1. The molecule has 0 bridgehead atoms. The lowest BCUT2D eigenvalue weighted by Crippen LogP contribution is -2.39. The first-order valence-corrected chi connectivity index (χ1v) is 11.5. The van der Waals surface area contributed by atoms with Crippen molar-refractivity contribution in [3.63, 3.8) is 0 Å². The van der Waals surface area contributed by atoms with Gasteiger partial charge in [0.2, 0.25) is 17.6 Å². The Bertz CT molecular complexity index is 966. The van der Waals surface area contributed by atoms with Gasteiger partial charge in [0.05, 0.1) is 17.3 Å². The first-order valence-electron chi connectivity index (χ1n) is 11.5. The Morgan fingerprint density at radius 2 is 1.91 bits per heavy atom. The third-order valence-corrected chi connectivity index (χ3v) is 6.14. The van der Waals surface area contributed by atoms with Gasteiger partial charge in [-0.05, 0) is 38.7 Å². The van der Waals surface area contributed by atoms with Crippen molar-refractivity contribution in [2.45, 2.75) is 58.4 Å². The summed E-state index contributed by atoms with van der Waals surface area (Å²) in [6, 6.07) is 3.57. The summed E-state index contributed by atoms with van der Waals surface area (Å²) in [5, 5.41) is 7.01. The zero-order valence-electron chi connectivity index (χ0n) is 19.2. The van der Waals surface area contributed by atoms with Crippen molar-refractivity contribution >= 4 is 17.8 Å². The fourth-order valence-corrected chi connectivity index (χ4v) is 4.38. The number of aromatic nitrogens is 3. The third-order valence-electron chi connectivity index (χ3n) is 6.14. The number of nitrogens with one attached hydrogen (secondary N) is 1. The number of rotatable bonds is 6. The fourth-order valence-electron chi connectivity index (χ4n) is 4.38. The molecule has 0 radical (unpaired) electrons. The standard InChI is InChI=1S/C23H32N6O3/c1-14(2)19-11-20(32-27-19)22(31)29-12-16(17(13-29)21(30)25-15(3)4)18-7-8-24-23(26-18)28-9-5-6-10-28/h7-8,11,14-17H,5-6,9-10,12-13H2,1-4H3,(H,25,30)/t16-,17-/m0/s1. The number of hydrogen-bond acceptors (Lipinski definition) is 7. The predicted molar refractivity (Wildman–Crippen MR) is 119 cm³/mol. The lowest BCUT2D eigenvalue weighted by molar-refractivity contribution is -0.125. The molecular formula is C23H32N6O3. The molecule has 2 aliphatic rings. The van der Waals surface area contributed by atoms with E-state index in [1.165, 1.54) is 0 Å². The van der Waals surface area contributed by atoms with Gasteiger partial charge in [0, 0.05) is 50.4 Å². The van der Waals surface area contributed by atoms with Crippen LogP contribution in [0.2, 0.25) is 0 Å². The number of nitrogens with zero attached hydrogens (tertiary/aromatic N) is 5. The number of anilines is 1. The van der Waals surface area contributed by atoms with Crippen LogP contribution in [0.25, 0.3) is 0 Å². The Kier molecular flexibility index (Phi) is 6.43. The fraction of sp³-hybridized carbons (Fsp3) is 0.609. The van der Waals surface area contributed by atoms with Crippen LogP contribution in [0.1, 0.15) is 74.3 Å². The molecule has 2 fully saturated rings. The van der Waals surface area contributed by atoms with Crippen LogP contribution in [-0.2, 0) is 4.79 Å². The van der Waals surface area contributed by atoms with E-state index >= 15 is 0 Å². The van der Waals surface area contributed by atoms with Gasteiger partial charge >= 0.3 is 0 Å². The first kappa shape index (κ1) is 22.2. The van der Waals surface area contributed by atoms with Crippen LogP contribution in [0.15, 0.2) is 22.9 Å². The van der Waals surface area contributed by atoms with E-state index in [0.29, 0.717) is 19.0 Å². The predicted octanol–water partition coefficient (Wildman–Crippen LogP) is 2.57. The molecule has 2 aliphatic heterocycles. The van der Waals surface area contributed by atoms with Gasteiger partial charge in [0.1, 0.15) is 0 Å². The molecule has 9 nitrogen and oxygen atoms in total. The molecule has 9 heteroatoms. The van der Waals surface area contributed by atoms with Crippen molar-refractivity contribution < 1.29 is 14.1 Å². The molecule has 0 aliphatic carbocycles. The number of carbonyl (C=O) groups excluding carboxylic acids is 2. The summed E-state index contributed by atoms with van der Waals surface area (Å²) < 4.78 is 5.31. The van der Waals surface area contributed by atoms with Crippen LogP contribution in [0.3, 0.4) is 0 Å². The number of hydrogen-bond donors (Lipinski definition) is 1. The van der Waals surface area contributed by atoms with Crippen LogP contribution < -0.4 is 10.2 Å². The molecule has 2 aromatic rings. The van der Waals surface area contributed by atoms with Crippen molar-refractivity contribution in [2.24, 2.45) is 5.92 Å². The van der Waals surface area contributed by atoms with Crippen LogP contribution in [0.5, 0.6) is 0 Å². The molecule has 4 heterocycles. The van der Waals surface area contributed by atoms with E-state index in [1.54, 1.807) is 17.2 Å². The highest BCUT2D eigenvalue weighted by Crippen LogP contribution is 2.34. The second kappa shape index (κ2) is 9.26. The van der Waals surface area contributed by atoms with Gasteiger partial charge in [-0.25, -0.2) is 9.97 Å². The minimum atomic E-state index is -0.393. The smallest absolute Gasteiger partial charge is 0.292 e. The molecule has 172 valence electrons. The Labute approximate surface area is 188 Å². The SMILES string of the molecule is CC(C)NC(=O)[C@H]1CN(C(=O)c2cc(C(C)C)no2)C[C@@H]1c1ccnc(N2CCCC2)n1. The third kappa shape index (κ3) is 4.61. The van der Waals surface area contributed by atoms with Gasteiger partial charge < -0.3 is 19.6 Å². The van der Waals surface area contributed by atoms with Gasteiger partial charge in [-0.1, -0.05) is 19.0 Å². The monoisotopic (exact) mass is 440 g/mol. The van der Waals surface area contributed by atoms with Gasteiger partial charge in [0.25, 0.3) is 5.91 Å². The minimum absolute atomic E-state index is 0.0151. The highest BCUT2D eigenvalue weighted by Gasteiger charge is 2.42. The summed E-state index contributed by atoms with van der Waals surface area (Å²) in [6.07, 6.45) is 4.02. The summed E-state index contributed by atoms with van der Waals surface area (Å²) in [4.78, 5) is 39.3. The summed E-state index contributed by atoms with van der Waals surface area (Å²) in [5.74, 6) is 0.151. The Hall–Kier alpha value is -2.97. The van der Waals surface area contributed by atoms with Crippen molar-refractivity contribution in [2.75, 3.05) is 31.1 Å².